The first kappa shape index (κ1) is 14.6. The summed E-state index contributed by atoms with van der Waals surface area (Å²) in [5.74, 6) is 2.05. The van der Waals surface area contributed by atoms with Crippen LogP contribution >= 0.6 is 23.4 Å². The highest BCUT2D eigenvalue weighted by atomic mass is 35.5. The molecule has 22 heavy (non-hydrogen) atoms. The zero-order valence-corrected chi connectivity index (χ0v) is 14.6. The summed E-state index contributed by atoms with van der Waals surface area (Å²) < 4.78 is 1.53. The van der Waals surface area contributed by atoms with E-state index in [0.29, 0.717) is 22.6 Å². The van der Waals surface area contributed by atoms with Gasteiger partial charge in [0.05, 0.1) is 17.3 Å². The number of hydrogen-bond acceptors (Lipinski definition) is 3. The molecule has 1 N–H and O–H groups in total. The van der Waals surface area contributed by atoms with Crippen LogP contribution in [-0.2, 0) is 7.05 Å². The summed E-state index contributed by atoms with van der Waals surface area (Å²) >= 11 is 8.08. The Bertz CT molecular complexity index is 696. The Morgan fingerprint density at radius 2 is 2.27 bits per heavy atom. The molecular weight excluding hydrogens is 318 g/mol. The molecular formula is C16H20ClN3OS. The van der Waals surface area contributed by atoms with Gasteiger partial charge in [0, 0.05) is 18.7 Å². The smallest absolute Gasteiger partial charge is 0.256 e. The second-order valence-corrected chi connectivity index (χ2v) is 8.48. The number of amides is 1. The van der Waals surface area contributed by atoms with Gasteiger partial charge < -0.3 is 5.32 Å². The van der Waals surface area contributed by atoms with Crippen molar-refractivity contribution in [2.45, 2.75) is 32.2 Å². The number of rotatable bonds is 2. The van der Waals surface area contributed by atoms with Gasteiger partial charge in [0.1, 0.15) is 5.15 Å². The lowest BCUT2D eigenvalue weighted by atomic mass is 9.72. The minimum Gasteiger partial charge on any atom is -0.345 e. The normalized spacial score (nSPS) is 34.6. The summed E-state index contributed by atoms with van der Waals surface area (Å²) in [6, 6.07) is 0. The molecule has 118 valence electrons. The first-order chi connectivity index (χ1) is 10.4. The van der Waals surface area contributed by atoms with Crippen LogP contribution in [0.4, 0.5) is 0 Å². The molecule has 0 aromatic carbocycles. The quantitative estimate of drug-likeness (QED) is 0.901. The molecule has 1 aromatic heterocycles. The highest BCUT2D eigenvalue weighted by Crippen LogP contribution is 2.67. The number of carbonyl (C=O) groups excluding carboxylic acids is 1. The highest BCUT2D eigenvalue weighted by molar-refractivity contribution is 8.02. The number of thioether (sulfide) groups is 1. The highest BCUT2D eigenvalue weighted by Gasteiger charge is 2.67. The largest absolute Gasteiger partial charge is 0.345 e. The van der Waals surface area contributed by atoms with Crippen LogP contribution in [0, 0.1) is 17.3 Å². The molecule has 4 rings (SSSR count). The van der Waals surface area contributed by atoms with Crippen molar-refractivity contribution in [3.05, 3.63) is 27.9 Å². The van der Waals surface area contributed by atoms with Crippen molar-refractivity contribution >= 4 is 29.3 Å². The third-order valence-corrected chi connectivity index (χ3v) is 7.59. The van der Waals surface area contributed by atoms with Crippen molar-refractivity contribution in [1.29, 1.82) is 0 Å². The van der Waals surface area contributed by atoms with Crippen LogP contribution in [0.25, 0.3) is 0 Å². The first-order valence-electron chi connectivity index (χ1n) is 7.70. The standard InChI is InChI=1S/C16H20ClN3OS/c1-15(2)11-4-5-16(15,12-8-22-7-10(11)12)19-14(21)9-6-18-20(3)13(9)17/h6-7,11-12H,4-5,8H2,1-3H3,(H,19,21)/t11?,12-,16?/m1/s1. The molecule has 2 unspecified atom stereocenters. The maximum absolute atomic E-state index is 12.8. The van der Waals surface area contributed by atoms with Gasteiger partial charge in [-0.2, -0.15) is 5.10 Å². The Morgan fingerprint density at radius 3 is 2.95 bits per heavy atom. The van der Waals surface area contributed by atoms with Crippen molar-refractivity contribution in [2.75, 3.05) is 5.75 Å². The zero-order valence-electron chi connectivity index (χ0n) is 13.0. The van der Waals surface area contributed by atoms with Crippen molar-refractivity contribution in [1.82, 2.24) is 15.1 Å². The summed E-state index contributed by atoms with van der Waals surface area (Å²) in [6.07, 6.45) is 3.77. The molecule has 2 saturated carbocycles. The summed E-state index contributed by atoms with van der Waals surface area (Å²) in [6.45, 7) is 4.61. The Hall–Kier alpha value is -0.940. The minimum atomic E-state index is -0.150. The van der Waals surface area contributed by atoms with Crippen molar-refractivity contribution in [3.63, 3.8) is 0 Å². The lowest BCUT2D eigenvalue weighted by Crippen LogP contribution is -2.57. The Kier molecular flexibility index (Phi) is 3.02. The number of halogens is 1. The van der Waals surface area contributed by atoms with Crippen molar-refractivity contribution in [2.24, 2.45) is 24.3 Å². The molecule has 2 fully saturated rings. The van der Waals surface area contributed by atoms with Crippen LogP contribution < -0.4 is 5.32 Å². The molecule has 4 nitrogen and oxygen atoms in total. The van der Waals surface area contributed by atoms with E-state index in [9.17, 15) is 4.79 Å². The molecule has 1 aliphatic heterocycles. The molecule has 1 aromatic rings. The van der Waals surface area contributed by atoms with Crippen LogP contribution in [0.15, 0.2) is 17.2 Å². The SMILES string of the molecule is Cn1ncc(C(=O)NC23CCC(C4=CSC[C@H]42)C3(C)C)c1Cl. The van der Waals surface area contributed by atoms with Gasteiger partial charge in [0.15, 0.2) is 0 Å². The van der Waals surface area contributed by atoms with E-state index in [4.69, 9.17) is 11.6 Å². The molecule has 2 aliphatic carbocycles. The lowest BCUT2D eigenvalue weighted by molar-refractivity contribution is 0.0773. The van der Waals surface area contributed by atoms with Gasteiger partial charge in [-0.15, -0.1) is 11.8 Å². The number of fused-ring (bicyclic) bond motifs is 5. The predicted molar refractivity (Wildman–Crippen MR) is 89.0 cm³/mol. The summed E-state index contributed by atoms with van der Waals surface area (Å²) in [5.41, 5.74) is 1.97. The molecule has 0 saturated heterocycles. The average Bonchev–Trinajstić information content (AvgIpc) is 3.15. The van der Waals surface area contributed by atoms with E-state index in [1.54, 1.807) is 18.8 Å². The molecule has 3 aliphatic rings. The second kappa shape index (κ2) is 4.54. The minimum absolute atomic E-state index is 0.0921. The van der Waals surface area contributed by atoms with Gasteiger partial charge in [-0.25, -0.2) is 0 Å². The average molecular weight is 338 g/mol. The number of nitrogens with one attached hydrogen (secondary N) is 1. The van der Waals surface area contributed by atoms with Crippen LogP contribution in [0.2, 0.25) is 5.15 Å². The van der Waals surface area contributed by atoms with E-state index in [-0.39, 0.29) is 16.9 Å². The number of hydrogen-bond donors (Lipinski definition) is 1. The van der Waals surface area contributed by atoms with Gasteiger partial charge in [0.2, 0.25) is 0 Å². The van der Waals surface area contributed by atoms with Gasteiger partial charge in [-0.05, 0) is 29.6 Å². The third-order valence-electron chi connectivity index (χ3n) is 6.18. The molecule has 2 heterocycles. The monoisotopic (exact) mass is 337 g/mol. The van der Waals surface area contributed by atoms with Gasteiger partial charge >= 0.3 is 0 Å². The molecule has 2 bridgehead atoms. The molecule has 3 atom stereocenters. The zero-order chi connectivity index (χ0) is 15.7. The predicted octanol–water partition coefficient (Wildman–Crippen LogP) is 3.24. The van der Waals surface area contributed by atoms with Crippen LogP contribution in [0.1, 0.15) is 37.0 Å². The summed E-state index contributed by atoms with van der Waals surface area (Å²) in [5, 5.41) is 10.2. The fourth-order valence-electron chi connectivity index (χ4n) is 4.90. The summed E-state index contributed by atoms with van der Waals surface area (Å²) in [4.78, 5) is 12.8. The Labute approximate surface area is 139 Å². The van der Waals surface area contributed by atoms with Crippen molar-refractivity contribution in [3.8, 4) is 0 Å². The Morgan fingerprint density at radius 1 is 1.50 bits per heavy atom. The lowest BCUT2D eigenvalue weighted by Gasteiger charge is -2.42. The van der Waals surface area contributed by atoms with Crippen LogP contribution in [0.5, 0.6) is 0 Å². The van der Waals surface area contributed by atoms with E-state index in [2.05, 4.69) is 29.7 Å². The summed E-state index contributed by atoms with van der Waals surface area (Å²) in [7, 11) is 1.75. The second-order valence-electron chi connectivity index (χ2n) is 7.21. The number of aryl methyl sites for hydroxylation is 1. The fourth-order valence-corrected chi connectivity index (χ4v) is 6.36. The third kappa shape index (κ3) is 1.61. The Balaban J connectivity index is 1.71. The molecule has 0 radical (unpaired) electrons. The van der Waals surface area contributed by atoms with E-state index < -0.39 is 0 Å². The number of carbonyl (C=O) groups is 1. The molecule has 1 amide bonds. The van der Waals surface area contributed by atoms with Gasteiger partial charge in [-0.1, -0.05) is 31.0 Å². The topological polar surface area (TPSA) is 46.9 Å². The maximum atomic E-state index is 12.8. The van der Waals surface area contributed by atoms with E-state index in [1.807, 2.05) is 11.8 Å². The molecule has 0 spiro atoms. The maximum Gasteiger partial charge on any atom is 0.256 e. The van der Waals surface area contributed by atoms with Gasteiger partial charge in [-0.3, -0.25) is 9.48 Å². The molecule has 6 heteroatoms. The fraction of sp³-hybridized carbons (Fsp3) is 0.625. The van der Waals surface area contributed by atoms with E-state index in [1.165, 1.54) is 4.68 Å². The number of aromatic nitrogens is 2. The van der Waals surface area contributed by atoms with E-state index >= 15 is 0 Å². The van der Waals surface area contributed by atoms with Gasteiger partial charge in [0.25, 0.3) is 5.91 Å². The first-order valence-corrected chi connectivity index (χ1v) is 9.13. The number of nitrogens with zero attached hydrogens (tertiary/aromatic N) is 2. The van der Waals surface area contributed by atoms with Crippen molar-refractivity contribution < 1.29 is 4.79 Å². The van der Waals surface area contributed by atoms with Crippen LogP contribution in [-0.4, -0.2) is 27.0 Å². The van der Waals surface area contributed by atoms with Crippen LogP contribution in [0.3, 0.4) is 0 Å². The van der Waals surface area contributed by atoms with E-state index in [0.717, 1.165) is 18.6 Å².